The number of hydrogen-bond acceptors (Lipinski definition) is 5. The van der Waals surface area contributed by atoms with Crippen LogP contribution in [-0.2, 0) is 9.59 Å². The van der Waals surface area contributed by atoms with Crippen LogP contribution in [0, 0.1) is 13.8 Å². The van der Waals surface area contributed by atoms with E-state index >= 15 is 0 Å². The second kappa shape index (κ2) is 10.2. The number of rotatable bonds is 8. The molecule has 8 heteroatoms. The van der Waals surface area contributed by atoms with E-state index in [0.29, 0.717) is 35.0 Å². The molecule has 184 valence electrons. The van der Waals surface area contributed by atoms with Gasteiger partial charge in [0.2, 0.25) is 0 Å². The third-order valence-corrected chi connectivity index (χ3v) is 7.05. The van der Waals surface area contributed by atoms with E-state index in [-0.39, 0.29) is 11.3 Å². The van der Waals surface area contributed by atoms with Crippen molar-refractivity contribution in [2.45, 2.75) is 40.2 Å². The maximum Gasteiger partial charge on any atom is 0.295 e. The highest BCUT2D eigenvalue weighted by molar-refractivity contribution is 6.46. The molecule has 1 aromatic carbocycles. The molecule has 3 aromatic rings. The lowest BCUT2D eigenvalue weighted by atomic mass is 9.96. The van der Waals surface area contributed by atoms with Crippen LogP contribution < -0.4 is 0 Å². The maximum absolute atomic E-state index is 13.3. The molecule has 3 heterocycles. The Morgan fingerprint density at radius 3 is 2.43 bits per heavy atom. The summed E-state index contributed by atoms with van der Waals surface area (Å²) in [4.78, 5) is 35.0. The molecule has 1 fully saturated rings. The van der Waals surface area contributed by atoms with Gasteiger partial charge in [-0.3, -0.25) is 9.59 Å². The van der Waals surface area contributed by atoms with Gasteiger partial charge in [0.1, 0.15) is 11.3 Å². The quantitative estimate of drug-likeness (QED) is 0.277. The molecule has 0 radical (unpaired) electrons. The number of fused-ring (bicyclic) bond motifs is 1. The number of likely N-dealkylation sites (tertiary alicyclic amines) is 1. The van der Waals surface area contributed by atoms with E-state index in [1.54, 1.807) is 29.2 Å². The number of pyridine rings is 1. The summed E-state index contributed by atoms with van der Waals surface area (Å²) in [7, 11) is 0. The Morgan fingerprint density at radius 2 is 1.80 bits per heavy atom. The molecule has 0 bridgehead atoms. The zero-order valence-electron chi connectivity index (χ0n) is 20.6. The average Bonchev–Trinajstić information content (AvgIpc) is 3.32. The number of nitrogens with zero attached hydrogens (tertiary/aromatic N) is 4. The Bertz CT molecular complexity index is 1290. The molecule has 1 atom stereocenters. The normalized spacial score (nSPS) is 17.8. The summed E-state index contributed by atoms with van der Waals surface area (Å²) in [6.07, 6.45) is 2.58. The van der Waals surface area contributed by atoms with Gasteiger partial charge in [-0.1, -0.05) is 43.6 Å². The molecular formula is C27H31ClN4O3. The standard InChI is InChI=1S/C27H31ClN4O3/c1-5-30(6-2)14-8-16-32-23(19-10-12-20(28)13-11-19)21(25(34)27(32)35)24(33)22-18(4)31-15-7-9-17(3)26(31)29-22/h7,9-13,15,23,33H,5-6,8,14,16H2,1-4H3/b24-21+. The minimum Gasteiger partial charge on any atom is -0.505 e. The fraction of sp³-hybridized carbons (Fsp3) is 0.370. The summed E-state index contributed by atoms with van der Waals surface area (Å²) in [6.45, 7) is 11.0. The first-order valence-electron chi connectivity index (χ1n) is 12.0. The second-order valence-electron chi connectivity index (χ2n) is 8.86. The molecule has 0 aliphatic carbocycles. The maximum atomic E-state index is 13.3. The smallest absolute Gasteiger partial charge is 0.295 e. The molecule has 1 saturated heterocycles. The topological polar surface area (TPSA) is 78.2 Å². The first-order valence-corrected chi connectivity index (χ1v) is 12.4. The predicted molar refractivity (Wildman–Crippen MR) is 138 cm³/mol. The molecule has 7 nitrogen and oxygen atoms in total. The number of benzene rings is 1. The van der Waals surface area contributed by atoms with Crippen LogP contribution in [0.15, 0.2) is 48.2 Å². The van der Waals surface area contributed by atoms with Crippen LogP contribution in [0.4, 0.5) is 0 Å². The highest BCUT2D eigenvalue weighted by Gasteiger charge is 2.46. The molecule has 35 heavy (non-hydrogen) atoms. The number of halogens is 1. The number of amides is 1. The van der Waals surface area contributed by atoms with Crippen LogP contribution in [0.25, 0.3) is 11.4 Å². The Balaban J connectivity index is 1.81. The highest BCUT2D eigenvalue weighted by atomic mass is 35.5. The van der Waals surface area contributed by atoms with E-state index in [2.05, 4.69) is 23.7 Å². The zero-order valence-corrected chi connectivity index (χ0v) is 21.3. The highest BCUT2D eigenvalue weighted by Crippen LogP contribution is 2.40. The number of carbonyl (C=O) groups excluding carboxylic acids is 2. The van der Waals surface area contributed by atoms with E-state index in [1.807, 2.05) is 36.6 Å². The van der Waals surface area contributed by atoms with Gasteiger partial charge in [-0.2, -0.15) is 0 Å². The lowest BCUT2D eigenvalue weighted by molar-refractivity contribution is -0.140. The number of hydrogen-bond donors (Lipinski definition) is 1. The fourth-order valence-corrected chi connectivity index (χ4v) is 4.91. The van der Waals surface area contributed by atoms with Gasteiger partial charge in [0.15, 0.2) is 5.76 Å². The molecule has 1 unspecified atom stereocenters. The number of aromatic nitrogens is 2. The van der Waals surface area contributed by atoms with Crippen molar-refractivity contribution >= 4 is 34.7 Å². The van der Waals surface area contributed by atoms with E-state index in [4.69, 9.17) is 11.6 Å². The van der Waals surface area contributed by atoms with Gasteiger partial charge in [0.05, 0.1) is 17.3 Å². The number of aryl methyl sites for hydroxylation is 2. The van der Waals surface area contributed by atoms with Gasteiger partial charge in [0, 0.05) is 17.8 Å². The molecule has 4 rings (SSSR count). The summed E-state index contributed by atoms with van der Waals surface area (Å²) >= 11 is 6.11. The van der Waals surface area contributed by atoms with Crippen molar-refractivity contribution in [2.75, 3.05) is 26.2 Å². The van der Waals surface area contributed by atoms with Gasteiger partial charge in [-0.15, -0.1) is 0 Å². The van der Waals surface area contributed by atoms with Crippen molar-refractivity contribution in [1.82, 2.24) is 19.2 Å². The third kappa shape index (κ3) is 4.58. The monoisotopic (exact) mass is 494 g/mol. The molecule has 1 aliphatic rings. The van der Waals surface area contributed by atoms with Crippen molar-refractivity contribution in [3.05, 3.63) is 75.7 Å². The van der Waals surface area contributed by atoms with E-state index in [0.717, 1.165) is 30.8 Å². The lowest BCUT2D eigenvalue weighted by Gasteiger charge is -2.26. The van der Waals surface area contributed by atoms with Gasteiger partial charge in [-0.25, -0.2) is 4.98 Å². The van der Waals surface area contributed by atoms with Crippen molar-refractivity contribution < 1.29 is 14.7 Å². The van der Waals surface area contributed by atoms with Crippen LogP contribution in [-0.4, -0.2) is 62.2 Å². The SMILES string of the molecule is CCN(CC)CCCN1C(=O)C(=O)/C(=C(/O)c2nc3c(C)cccn3c2C)C1c1ccc(Cl)cc1. The zero-order chi connectivity index (χ0) is 25.3. The first-order chi connectivity index (χ1) is 16.8. The number of aliphatic hydroxyl groups is 1. The lowest BCUT2D eigenvalue weighted by Crippen LogP contribution is -2.33. The van der Waals surface area contributed by atoms with Crippen LogP contribution in [0.2, 0.25) is 5.02 Å². The third-order valence-electron chi connectivity index (χ3n) is 6.80. The summed E-state index contributed by atoms with van der Waals surface area (Å²) in [5, 5.41) is 12.0. The number of Topliss-reactive ketones (excluding diaryl/α,β-unsaturated/α-hetero) is 1. The number of ketones is 1. The van der Waals surface area contributed by atoms with Gasteiger partial charge in [0.25, 0.3) is 11.7 Å². The van der Waals surface area contributed by atoms with E-state index < -0.39 is 17.7 Å². The molecular weight excluding hydrogens is 464 g/mol. The van der Waals surface area contributed by atoms with Crippen LogP contribution in [0.3, 0.4) is 0 Å². The fourth-order valence-electron chi connectivity index (χ4n) is 4.78. The summed E-state index contributed by atoms with van der Waals surface area (Å²) < 4.78 is 1.88. The molecule has 2 aromatic heterocycles. The molecule has 1 aliphatic heterocycles. The second-order valence-corrected chi connectivity index (χ2v) is 9.29. The van der Waals surface area contributed by atoms with Crippen LogP contribution >= 0.6 is 11.6 Å². The predicted octanol–water partition coefficient (Wildman–Crippen LogP) is 4.76. The van der Waals surface area contributed by atoms with Crippen molar-refractivity contribution in [3.8, 4) is 0 Å². The Hall–Kier alpha value is -3.16. The van der Waals surface area contributed by atoms with E-state index in [9.17, 15) is 14.7 Å². The Kier molecular flexibility index (Phi) is 7.28. The molecule has 1 amide bonds. The van der Waals surface area contributed by atoms with Gasteiger partial charge in [-0.05, 0) is 69.2 Å². The van der Waals surface area contributed by atoms with Crippen LogP contribution in [0.5, 0.6) is 0 Å². The minimum absolute atomic E-state index is 0.0596. The first kappa shape index (κ1) is 24.9. The van der Waals surface area contributed by atoms with Crippen LogP contribution in [0.1, 0.15) is 48.8 Å². The van der Waals surface area contributed by atoms with Crippen molar-refractivity contribution in [3.63, 3.8) is 0 Å². The summed E-state index contributed by atoms with van der Waals surface area (Å²) in [5.41, 5.74) is 3.42. The van der Waals surface area contributed by atoms with Gasteiger partial charge < -0.3 is 19.3 Å². The number of imidazole rings is 1. The molecule has 0 saturated carbocycles. The molecule has 0 spiro atoms. The minimum atomic E-state index is -0.714. The van der Waals surface area contributed by atoms with Crippen molar-refractivity contribution in [2.24, 2.45) is 0 Å². The Labute approximate surface area is 210 Å². The molecule has 1 N–H and O–H groups in total. The average molecular weight is 495 g/mol. The van der Waals surface area contributed by atoms with E-state index in [1.165, 1.54) is 0 Å². The number of aliphatic hydroxyl groups excluding tert-OH is 1. The number of carbonyl (C=O) groups is 2. The summed E-state index contributed by atoms with van der Waals surface area (Å²) in [6, 6.07) is 10.2. The Morgan fingerprint density at radius 1 is 1.11 bits per heavy atom. The summed E-state index contributed by atoms with van der Waals surface area (Å²) in [5.74, 6) is -1.56. The van der Waals surface area contributed by atoms with Gasteiger partial charge >= 0.3 is 0 Å². The van der Waals surface area contributed by atoms with Crippen molar-refractivity contribution in [1.29, 1.82) is 0 Å². The largest absolute Gasteiger partial charge is 0.505 e.